The van der Waals surface area contributed by atoms with Gasteiger partial charge in [-0.3, -0.25) is 0 Å². The van der Waals surface area contributed by atoms with Crippen molar-refractivity contribution in [3.63, 3.8) is 0 Å². The summed E-state index contributed by atoms with van der Waals surface area (Å²) in [5.41, 5.74) is 6.90. The first-order valence-electron chi connectivity index (χ1n) is 7.89. The van der Waals surface area contributed by atoms with Gasteiger partial charge in [-0.2, -0.15) is 5.26 Å². The summed E-state index contributed by atoms with van der Waals surface area (Å²) in [7, 11) is 0. The number of hydrogen-bond acceptors (Lipinski definition) is 3. The summed E-state index contributed by atoms with van der Waals surface area (Å²) >= 11 is 0. The second-order valence-electron chi connectivity index (χ2n) is 6.14. The first kappa shape index (κ1) is 13.4. The van der Waals surface area contributed by atoms with Gasteiger partial charge in [0.1, 0.15) is 24.5 Å². The highest BCUT2D eigenvalue weighted by Crippen LogP contribution is 2.52. The van der Waals surface area contributed by atoms with E-state index < -0.39 is 6.10 Å². The number of hydrogen-bond donors (Lipinski definition) is 1. The minimum absolute atomic E-state index is 0.482. The van der Waals surface area contributed by atoms with E-state index in [0.29, 0.717) is 17.9 Å². The Morgan fingerprint density at radius 3 is 2.54 bits per heavy atom. The summed E-state index contributed by atoms with van der Waals surface area (Å²) in [5.74, 6) is 0.677. The van der Waals surface area contributed by atoms with Gasteiger partial charge >= 0.3 is 0 Å². The van der Waals surface area contributed by atoms with Crippen LogP contribution in [0.3, 0.4) is 0 Å². The number of nitriles is 1. The van der Waals surface area contributed by atoms with E-state index in [1.54, 1.807) is 0 Å². The van der Waals surface area contributed by atoms with Gasteiger partial charge in [0.15, 0.2) is 0 Å². The van der Waals surface area contributed by atoms with E-state index in [0.717, 1.165) is 38.9 Å². The summed E-state index contributed by atoms with van der Waals surface area (Å²) in [6, 6.07) is 20.0. The maximum atomic E-state index is 10.7. The zero-order chi connectivity index (χ0) is 16.3. The van der Waals surface area contributed by atoms with Gasteiger partial charge in [-0.15, -0.1) is 0 Å². The van der Waals surface area contributed by atoms with Crippen LogP contribution in [0, 0.1) is 11.3 Å². The van der Waals surface area contributed by atoms with E-state index in [-0.39, 0.29) is 0 Å². The van der Waals surface area contributed by atoms with E-state index in [9.17, 15) is 10.4 Å². The highest BCUT2D eigenvalue weighted by atomic mass is 16.5. The molecule has 0 bridgehead atoms. The van der Waals surface area contributed by atoms with E-state index in [4.69, 9.17) is 4.74 Å². The Hall–Kier alpha value is -3.09. The van der Waals surface area contributed by atoms with Crippen LogP contribution in [0.15, 0.2) is 54.6 Å². The summed E-state index contributed by atoms with van der Waals surface area (Å²) in [4.78, 5) is 0. The van der Waals surface area contributed by atoms with E-state index in [1.165, 1.54) is 0 Å². The molecule has 0 spiro atoms. The number of nitrogens with zero attached hydrogens (tertiary/aromatic N) is 1. The number of benzene rings is 3. The lowest BCUT2D eigenvalue weighted by atomic mass is 9.88. The molecule has 2 aliphatic rings. The highest BCUT2D eigenvalue weighted by molar-refractivity contribution is 5.93. The fourth-order valence-electron chi connectivity index (χ4n) is 3.85. The molecule has 3 aromatic rings. The summed E-state index contributed by atoms with van der Waals surface area (Å²) < 4.78 is 5.90. The largest absolute Gasteiger partial charge is 0.488 e. The van der Waals surface area contributed by atoms with Crippen molar-refractivity contribution in [1.82, 2.24) is 0 Å². The Morgan fingerprint density at radius 1 is 0.958 bits per heavy atom. The van der Waals surface area contributed by atoms with Gasteiger partial charge in [0, 0.05) is 11.1 Å². The molecule has 3 nitrogen and oxygen atoms in total. The third-order valence-electron chi connectivity index (χ3n) is 4.92. The third kappa shape index (κ3) is 1.58. The van der Waals surface area contributed by atoms with Crippen LogP contribution in [-0.4, -0.2) is 5.11 Å². The van der Waals surface area contributed by atoms with Crippen molar-refractivity contribution >= 4 is 0 Å². The fraction of sp³-hybridized carbons (Fsp3) is 0.0952. The molecule has 3 heteroatoms. The van der Waals surface area contributed by atoms with Gasteiger partial charge in [-0.05, 0) is 33.9 Å². The molecule has 1 unspecified atom stereocenters. The van der Waals surface area contributed by atoms with Gasteiger partial charge in [-0.25, -0.2) is 0 Å². The van der Waals surface area contributed by atoms with Gasteiger partial charge in [0.05, 0.1) is 5.56 Å². The van der Waals surface area contributed by atoms with Crippen molar-refractivity contribution < 1.29 is 9.84 Å². The van der Waals surface area contributed by atoms with Crippen LogP contribution in [0.1, 0.15) is 28.4 Å². The predicted molar refractivity (Wildman–Crippen MR) is 90.4 cm³/mol. The van der Waals surface area contributed by atoms with Crippen LogP contribution in [0.2, 0.25) is 0 Å². The van der Waals surface area contributed by atoms with Gasteiger partial charge in [-0.1, -0.05) is 48.5 Å². The Balaban J connectivity index is 1.91. The smallest absolute Gasteiger partial charge is 0.129 e. The molecule has 1 heterocycles. The lowest BCUT2D eigenvalue weighted by Gasteiger charge is -2.23. The zero-order valence-corrected chi connectivity index (χ0v) is 12.8. The topological polar surface area (TPSA) is 53.2 Å². The number of aliphatic hydroxyl groups is 1. The maximum absolute atomic E-state index is 10.7. The normalized spacial score (nSPS) is 16.2. The van der Waals surface area contributed by atoms with Crippen LogP contribution < -0.4 is 4.74 Å². The third-order valence-corrected chi connectivity index (χ3v) is 4.92. The quantitative estimate of drug-likeness (QED) is 0.677. The SMILES string of the molecule is N#Cc1c2c(cc3c1-c1ccccc1C3O)OCc1ccccc1-2. The molecule has 24 heavy (non-hydrogen) atoms. The van der Waals surface area contributed by atoms with E-state index in [2.05, 4.69) is 6.07 Å². The van der Waals surface area contributed by atoms with Crippen molar-refractivity contribution in [1.29, 1.82) is 5.26 Å². The Morgan fingerprint density at radius 2 is 1.71 bits per heavy atom. The van der Waals surface area contributed by atoms with Crippen molar-refractivity contribution in [3.05, 3.63) is 76.9 Å². The second-order valence-corrected chi connectivity index (χ2v) is 6.14. The molecule has 0 radical (unpaired) electrons. The molecule has 0 aromatic heterocycles. The van der Waals surface area contributed by atoms with Crippen LogP contribution >= 0.6 is 0 Å². The summed E-state index contributed by atoms with van der Waals surface area (Å²) in [6.07, 6.45) is -0.714. The average molecular weight is 311 g/mol. The van der Waals surface area contributed by atoms with Gasteiger partial charge in [0.2, 0.25) is 0 Å². The summed E-state index contributed by atoms with van der Waals surface area (Å²) in [6.45, 7) is 0.482. The van der Waals surface area contributed by atoms with Crippen LogP contribution in [0.5, 0.6) is 5.75 Å². The Kier molecular flexibility index (Phi) is 2.62. The summed E-state index contributed by atoms with van der Waals surface area (Å²) in [5, 5.41) is 20.6. The minimum atomic E-state index is -0.714. The molecule has 0 saturated carbocycles. The average Bonchev–Trinajstić information content (AvgIpc) is 2.92. The molecule has 114 valence electrons. The first-order chi connectivity index (χ1) is 11.8. The maximum Gasteiger partial charge on any atom is 0.129 e. The minimum Gasteiger partial charge on any atom is -0.488 e. The number of fused-ring (bicyclic) bond motifs is 6. The lowest BCUT2D eigenvalue weighted by Crippen LogP contribution is -2.08. The molecule has 0 fully saturated rings. The zero-order valence-electron chi connectivity index (χ0n) is 12.8. The van der Waals surface area contributed by atoms with Crippen LogP contribution in [0.25, 0.3) is 22.3 Å². The van der Waals surface area contributed by atoms with Crippen molar-refractivity contribution in [2.45, 2.75) is 12.7 Å². The van der Waals surface area contributed by atoms with Gasteiger partial charge < -0.3 is 9.84 Å². The molecule has 5 rings (SSSR count). The number of aliphatic hydroxyl groups excluding tert-OH is 1. The monoisotopic (exact) mass is 311 g/mol. The van der Waals surface area contributed by atoms with E-state index >= 15 is 0 Å². The highest BCUT2D eigenvalue weighted by Gasteiger charge is 2.34. The van der Waals surface area contributed by atoms with Crippen molar-refractivity contribution in [2.24, 2.45) is 0 Å². The fourth-order valence-corrected chi connectivity index (χ4v) is 3.85. The molecule has 1 N–H and O–H groups in total. The Labute approximate surface area is 139 Å². The molecule has 1 atom stereocenters. The van der Waals surface area contributed by atoms with E-state index in [1.807, 2.05) is 54.6 Å². The predicted octanol–water partition coefficient (Wildman–Crippen LogP) is 4.18. The standard InChI is InChI=1S/C21H13NO2/c22-10-17-19-14-7-3-4-8-15(14)21(23)16(19)9-18-20(17)13-6-2-1-5-12(13)11-24-18/h1-9,21,23H,11H2. The molecule has 3 aromatic carbocycles. The molecule has 0 saturated heterocycles. The van der Waals surface area contributed by atoms with Crippen LogP contribution in [0.4, 0.5) is 0 Å². The first-order valence-corrected chi connectivity index (χ1v) is 7.89. The molecular formula is C21H13NO2. The van der Waals surface area contributed by atoms with Crippen molar-refractivity contribution in [3.8, 4) is 34.1 Å². The number of ether oxygens (including phenoxy) is 1. The second kappa shape index (κ2) is 4.70. The molecule has 1 aliphatic carbocycles. The van der Waals surface area contributed by atoms with Gasteiger partial charge in [0.25, 0.3) is 0 Å². The lowest BCUT2D eigenvalue weighted by molar-refractivity contribution is 0.224. The van der Waals surface area contributed by atoms with Crippen molar-refractivity contribution in [2.75, 3.05) is 0 Å². The van der Waals surface area contributed by atoms with Crippen LogP contribution in [-0.2, 0) is 6.61 Å². The molecular weight excluding hydrogens is 298 g/mol. The number of rotatable bonds is 0. The Bertz CT molecular complexity index is 1030. The molecule has 1 aliphatic heterocycles. The molecule has 0 amide bonds.